The van der Waals surface area contributed by atoms with Gasteiger partial charge in [0, 0.05) is 31.9 Å². The molecule has 8 nitrogen and oxygen atoms in total. The molecule has 0 aliphatic carbocycles. The Kier molecular flexibility index (Phi) is 5.53. The number of amides is 1. The standard InChI is InChI=1S/C24H27N5O3/c1-17-3-7-19(8-4-17)27-11-13-28(14-12-27)24(30)23-21-16-32-22(15-29(21)26-25-23)18-5-9-20(31-2)10-6-18/h3-10,22H,11-16H2,1-2H3. The molecule has 3 aromatic rings. The summed E-state index contributed by atoms with van der Waals surface area (Å²) in [6, 6.07) is 16.3. The number of hydrogen-bond acceptors (Lipinski definition) is 6. The molecule has 1 amide bonds. The highest BCUT2D eigenvalue weighted by atomic mass is 16.5. The Morgan fingerprint density at radius 3 is 2.44 bits per heavy atom. The predicted octanol–water partition coefficient (Wildman–Crippen LogP) is 2.83. The van der Waals surface area contributed by atoms with Crippen molar-refractivity contribution in [1.82, 2.24) is 19.9 Å². The Bertz CT molecular complexity index is 1090. The lowest BCUT2D eigenvalue weighted by molar-refractivity contribution is -0.00198. The fourth-order valence-corrected chi connectivity index (χ4v) is 4.27. The van der Waals surface area contributed by atoms with Gasteiger partial charge in [-0.3, -0.25) is 4.79 Å². The summed E-state index contributed by atoms with van der Waals surface area (Å²) in [7, 11) is 1.65. The van der Waals surface area contributed by atoms with E-state index in [4.69, 9.17) is 9.47 Å². The average Bonchev–Trinajstić information content (AvgIpc) is 3.27. The summed E-state index contributed by atoms with van der Waals surface area (Å²) in [6.45, 7) is 5.85. The summed E-state index contributed by atoms with van der Waals surface area (Å²) in [5, 5.41) is 8.48. The van der Waals surface area contributed by atoms with E-state index in [2.05, 4.69) is 46.4 Å². The smallest absolute Gasteiger partial charge is 0.276 e. The molecule has 166 valence electrons. The van der Waals surface area contributed by atoms with Crippen LogP contribution in [0.3, 0.4) is 0 Å². The van der Waals surface area contributed by atoms with Crippen LogP contribution in [-0.2, 0) is 17.9 Å². The highest BCUT2D eigenvalue weighted by Gasteiger charge is 2.31. The summed E-state index contributed by atoms with van der Waals surface area (Å²) in [4.78, 5) is 17.3. The zero-order valence-electron chi connectivity index (χ0n) is 18.4. The predicted molar refractivity (Wildman–Crippen MR) is 120 cm³/mol. The molecule has 32 heavy (non-hydrogen) atoms. The van der Waals surface area contributed by atoms with Crippen molar-refractivity contribution in [3.63, 3.8) is 0 Å². The van der Waals surface area contributed by atoms with Crippen molar-refractivity contribution in [2.45, 2.75) is 26.2 Å². The quantitative estimate of drug-likeness (QED) is 0.630. The summed E-state index contributed by atoms with van der Waals surface area (Å²) in [6.07, 6.45) is -0.129. The van der Waals surface area contributed by atoms with E-state index in [9.17, 15) is 4.79 Å². The zero-order chi connectivity index (χ0) is 22.1. The highest BCUT2D eigenvalue weighted by Crippen LogP contribution is 2.28. The minimum absolute atomic E-state index is 0.0682. The Hall–Kier alpha value is -3.39. The van der Waals surface area contributed by atoms with Gasteiger partial charge < -0.3 is 19.3 Å². The summed E-state index contributed by atoms with van der Waals surface area (Å²) in [5.41, 5.74) is 4.65. The molecule has 2 aromatic carbocycles. The monoisotopic (exact) mass is 433 g/mol. The van der Waals surface area contributed by atoms with Crippen molar-refractivity contribution in [2.75, 3.05) is 38.2 Å². The average molecular weight is 434 g/mol. The molecule has 0 N–H and O–H groups in total. The Balaban J connectivity index is 1.24. The van der Waals surface area contributed by atoms with Crippen molar-refractivity contribution in [3.8, 4) is 5.75 Å². The van der Waals surface area contributed by atoms with E-state index in [-0.39, 0.29) is 12.0 Å². The van der Waals surface area contributed by atoms with Crippen LogP contribution in [0.15, 0.2) is 48.5 Å². The van der Waals surface area contributed by atoms with Crippen LogP contribution in [0, 0.1) is 6.92 Å². The van der Waals surface area contributed by atoms with Gasteiger partial charge in [-0.1, -0.05) is 35.0 Å². The molecule has 0 saturated carbocycles. The number of hydrogen-bond donors (Lipinski definition) is 0. The maximum Gasteiger partial charge on any atom is 0.276 e. The maximum atomic E-state index is 13.2. The van der Waals surface area contributed by atoms with Gasteiger partial charge in [-0.05, 0) is 36.8 Å². The number of carbonyl (C=O) groups excluding carboxylic acids is 1. The molecule has 0 bridgehead atoms. The van der Waals surface area contributed by atoms with Crippen molar-refractivity contribution in [3.05, 3.63) is 71.0 Å². The van der Waals surface area contributed by atoms with E-state index in [1.54, 1.807) is 11.8 Å². The van der Waals surface area contributed by atoms with Crippen LogP contribution in [0.2, 0.25) is 0 Å². The van der Waals surface area contributed by atoms with Gasteiger partial charge in [0.15, 0.2) is 5.69 Å². The third-order valence-electron chi connectivity index (χ3n) is 6.25. The Morgan fingerprint density at radius 1 is 1.03 bits per heavy atom. The minimum atomic E-state index is -0.129. The van der Waals surface area contributed by atoms with Crippen LogP contribution in [0.25, 0.3) is 0 Å². The third kappa shape index (κ3) is 3.93. The largest absolute Gasteiger partial charge is 0.497 e. The first kappa shape index (κ1) is 20.5. The molecular weight excluding hydrogens is 406 g/mol. The van der Waals surface area contributed by atoms with Crippen molar-refractivity contribution in [2.24, 2.45) is 0 Å². The lowest BCUT2D eigenvalue weighted by Crippen LogP contribution is -2.49. The number of anilines is 1. The van der Waals surface area contributed by atoms with E-state index in [1.807, 2.05) is 29.2 Å². The van der Waals surface area contributed by atoms with E-state index < -0.39 is 0 Å². The maximum absolute atomic E-state index is 13.2. The fourth-order valence-electron chi connectivity index (χ4n) is 4.27. The Labute approximate surface area is 187 Å². The molecule has 0 radical (unpaired) electrons. The van der Waals surface area contributed by atoms with E-state index in [0.29, 0.717) is 31.9 Å². The molecule has 1 aromatic heterocycles. The molecule has 0 spiro atoms. The lowest BCUT2D eigenvalue weighted by Gasteiger charge is -2.36. The molecule has 1 atom stereocenters. The zero-order valence-corrected chi connectivity index (χ0v) is 18.4. The number of methoxy groups -OCH3 is 1. The molecule has 2 aliphatic heterocycles. The van der Waals surface area contributed by atoms with E-state index in [1.165, 1.54) is 11.3 Å². The summed E-state index contributed by atoms with van der Waals surface area (Å²) in [5.74, 6) is 0.739. The molecular formula is C24H27N5O3. The van der Waals surface area contributed by atoms with Crippen LogP contribution in [0.5, 0.6) is 5.75 Å². The SMILES string of the molecule is COc1ccc(C2Cn3nnc(C(=O)N4CCN(c5ccc(C)cc5)CC4)c3CO2)cc1. The number of fused-ring (bicyclic) bond motifs is 1. The molecule has 5 rings (SSSR count). The van der Waals surface area contributed by atoms with Gasteiger partial charge in [0.25, 0.3) is 5.91 Å². The molecule has 3 heterocycles. The highest BCUT2D eigenvalue weighted by molar-refractivity contribution is 5.93. The number of carbonyl (C=O) groups is 1. The van der Waals surface area contributed by atoms with Crippen LogP contribution in [0.4, 0.5) is 5.69 Å². The van der Waals surface area contributed by atoms with Gasteiger partial charge in [0.05, 0.1) is 26.0 Å². The molecule has 1 fully saturated rings. The van der Waals surface area contributed by atoms with Gasteiger partial charge in [0.1, 0.15) is 11.9 Å². The summed E-state index contributed by atoms with van der Waals surface area (Å²) < 4.78 is 13.1. The fraction of sp³-hybridized carbons (Fsp3) is 0.375. The van der Waals surface area contributed by atoms with Gasteiger partial charge in [-0.15, -0.1) is 5.10 Å². The van der Waals surface area contributed by atoms with Crippen LogP contribution in [-0.4, -0.2) is 59.1 Å². The van der Waals surface area contributed by atoms with Crippen molar-refractivity contribution >= 4 is 11.6 Å². The third-order valence-corrected chi connectivity index (χ3v) is 6.25. The number of rotatable bonds is 4. The second-order valence-electron chi connectivity index (χ2n) is 8.25. The van der Waals surface area contributed by atoms with Gasteiger partial charge in [-0.2, -0.15) is 0 Å². The summed E-state index contributed by atoms with van der Waals surface area (Å²) >= 11 is 0. The number of ether oxygens (including phenoxy) is 2. The Morgan fingerprint density at radius 2 is 1.75 bits per heavy atom. The molecule has 1 saturated heterocycles. The normalized spacial score (nSPS) is 18.4. The molecule has 2 aliphatic rings. The second-order valence-corrected chi connectivity index (χ2v) is 8.25. The van der Waals surface area contributed by atoms with Crippen LogP contribution in [0.1, 0.15) is 33.4 Å². The van der Waals surface area contributed by atoms with Crippen molar-refractivity contribution in [1.29, 1.82) is 0 Å². The number of aryl methyl sites for hydroxylation is 1. The minimum Gasteiger partial charge on any atom is -0.497 e. The molecule has 8 heteroatoms. The van der Waals surface area contributed by atoms with Crippen LogP contribution >= 0.6 is 0 Å². The first-order chi connectivity index (χ1) is 15.6. The van der Waals surface area contributed by atoms with Gasteiger partial charge in [-0.25, -0.2) is 4.68 Å². The first-order valence-corrected chi connectivity index (χ1v) is 10.9. The lowest BCUT2D eigenvalue weighted by atomic mass is 10.1. The van der Waals surface area contributed by atoms with E-state index in [0.717, 1.165) is 30.1 Å². The first-order valence-electron chi connectivity index (χ1n) is 10.9. The number of benzene rings is 2. The van der Waals surface area contributed by atoms with Crippen molar-refractivity contribution < 1.29 is 14.3 Å². The topological polar surface area (TPSA) is 72.7 Å². The van der Waals surface area contributed by atoms with Crippen LogP contribution < -0.4 is 9.64 Å². The number of piperazine rings is 1. The van der Waals surface area contributed by atoms with Gasteiger partial charge >= 0.3 is 0 Å². The van der Waals surface area contributed by atoms with Gasteiger partial charge in [0.2, 0.25) is 0 Å². The number of aromatic nitrogens is 3. The molecule has 1 unspecified atom stereocenters. The number of nitrogens with zero attached hydrogens (tertiary/aromatic N) is 5. The van der Waals surface area contributed by atoms with E-state index >= 15 is 0 Å². The second kappa shape index (κ2) is 8.63.